The number of carbonyl (C=O) groups is 1. The summed E-state index contributed by atoms with van der Waals surface area (Å²) in [6.07, 6.45) is 1.58. The number of aromatic nitrogens is 2. The van der Waals surface area contributed by atoms with Crippen LogP contribution in [0.4, 0.5) is 4.39 Å². The van der Waals surface area contributed by atoms with Crippen molar-refractivity contribution in [2.24, 2.45) is 0 Å². The van der Waals surface area contributed by atoms with Crippen molar-refractivity contribution < 1.29 is 9.18 Å². The van der Waals surface area contributed by atoms with Crippen molar-refractivity contribution in [1.82, 2.24) is 19.8 Å². The van der Waals surface area contributed by atoms with Crippen molar-refractivity contribution in [2.75, 3.05) is 26.2 Å². The highest BCUT2D eigenvalue weighted by molar-refractivity contribution is 5.92. The fraction of sp³-hybridized carbons (Fsp3) is 0.412. The summed E-state index contributed by atoms with van der Waals surface area (Å²) in [5, 5.41) is 0. The number of benzene rings is 1. The molecular weight excluding hydrogens is 295 g/mol. The minimum Gasteiger partial charge on any atom is -0.338 e. The van der Waals surface area contributed by atoms with Gasteiger partial charge in [-0.05, 0) is 19.9 Å². The smallest absolute Gasteiger partial charge is 0.272 e. The predicted molar refractivity (Wildman–Crippen MR) is 85.6 cm³/mol. The van der Waals surface area contributed by atoms with Crippen LogP contribution in [-0.2, 0) is 0 Å². The topological polar surface area (TPSA) is 52.2 Å². The summed E-state index contributed by atoms with van der Waals surface area (Å²) in [5.74, 6) is 0.537. The van der Waals surface area contributed by atoms with Crippen LogP contribution in [-0.4, -0.2) is 51.9 Å². The van der Waals surface area contributed by atoms with Gasteiger partial charge in [0.25, 0.3) is 5.91 Å². The lowest BCUT2D eigenvalue weighted by Crippen LogP contribution is -2.49. The number of aryl methyl sites for hydroxylation is 1. The van der Waals surface area contributed by atoms with E-state index in [4.69, 9.17) is 0 Å². The number of hydrogen-bond acceptors (Lipinski definition) is 3. The Balaban J connectivity index is 1.62. The second-order valence-corrected chi connectivity index (χ2v) is 5.91. The molecule has 122 valence electrons. The van der Waals surface area contributed by atoms with Crippen LogP contribution in [0.2, 0.25) is 0 Å². The number of hydrogen-bond donors (Lipinski definition) is 1. The second kappa shape index (κ2) is 6.50. The van der Waals surface area contributed by atoms with Gasteiger partial charge < -0.3 is 9.88 Å². The minimum atomic E-state index is -0.175. The second-order valence-electron chi connectivity index (χ2n) is 5.91. The van der Waals surface area contributed by atoms with Crippen molar-refractivity contribution >= 4 is 5.91 Å². The van der Waals surface area contributed by atoms with E-state index in [2.05, 4.69) is 14.9 Å². The van der Waals surface area contributed by atoms with E-state index in [-0.39, 0.29) is 17.8 Å². The van der Waals surface area contributed by atoms with Gasteiger partial charge in [0.1, 0.15) is 17.3 Å². The maximum atomic E-state index is 13.9. The molecule has 0 spiro atoms. The first-order chi connectivity index (χ1) is 11.1. The lowest BCUT2D eigenvalue weighted by molar-refractivity contribution is 0.0574. The largest absolute Gasteiger partial charge is 0.338 e. The summed E-state index contributed by atoms with van der Waals surface area (Å²) in [6, 6.07) is 6.88. The van der Waals surface area contributed by atoms with Gasteiger partial charge >= 0.3 is 0 Å². The zero-order valence-electron chi connectivity index (χ0n) is 13.4. The van der Waals surface area contributed by atoms with E-state index in [0.29, 0.717) is 24.3 Å². The Hall–Kier alpha value is -2.21. The zero-order valence-corrected chi connectivity index (χ0v) is 13.4. The average Bonchev–Trinajstić information content (AvgIpc) is 3.01. The fourth-order valence-electron chi connectivity index (χ4n) is 3.02. The van der Waals surface area contributed by atoms with Crippen molar-refractivity contribution in [3.8, 4) is 0 Å². The zero-order chi connectivity index (χ0) is 16.4. The Bertz CT molecular complexity index is 691. The van der Waals surface area contributed by atoms with Crippen molar-refractivity contribution in [3.05, 3.63) is 53.4 Å². The Labute approximate surface area is 135 Å². The molecule has 0 saturated carbocycles. The molecule has 5 nitrogen and oxygen atoms in total. The summed E-state index contributed by atoms with van der Waals surface area (Å²) < 4.78 is 13.9. The molecule has 2 heterocycles. The molecular formula is C17H21FN4O. The quantitative estimate of drug-likeness (QED) is 0.946. The highest BCUT2D eigenvalue weighted by atomic mass is 19.1. The maximum absolute atomic E-state index is 13.9. The molecule has 0 bridgehead atoms. The number of piperazine rings is 1. The molecule has 0 radical (unpaired) electrons. The molecule has 1 N–H and O–H groups in total. The van der Waals surface area contributed by atoms with Crippen LogP contribution in [0, 0.1) is 12.7 Å². The van der Waals surface area contributed by atoms with Gasteiger partial charge in [-0.15, -0.1) is 0 Å². The van der Waals surface area contributed by atoms with Crippen LogP contribution >= 0.6 is 0 Å². The minimum absolute atomic E-state index is 0.00264. The highest BCUT2D eigenvalue weighted by Crippen LogP contribution is 2.24. The van der Waals surface area contributed by atoms with E-state index < -0.39 is 0 Å². The SMILES string of the molecule is Cc1ncc(C(=O)N2CCN([C@@H](C)c3ccccc3F)CC2)[nH]1. The first kappa shape index (κ1) is 15.7. The molecule has 3 rings (SSSR count). The van der Waals surface area contributed by atoms with Crippen LogP contribution in [0.15, 0.2) is 30.5 Å². The monoisotopic (exact) mass is 316 g/mol. The number of nitrogens with zero attached hydrogens (tertiary/aromatic N) is 3. The molecule has 1 aliphatic heterocycles. The van der Waals surface area contributed by atoms with Gasteiger partial charge in [-0.2, -0.15) is 0 Å². The summed E-state index contributed by atoms with van der Waals surface area (Å²) in [6.45, 7) is 6.56. The number of halogens is 1. The summed E-state index contributed by atoms with van der Waals surface area (Å²) in [5.41, 5.74) is 1.23. The molecule has 1 aromatic heterocycles. The van der Waals surface area contributed by atoms with E-state index >= 15 is 0 Å². The number of carbonyl (C=O) groups excluding carboxylic acids is 1. The number of imidazole rings is 1. The van der Waals surface area contributed by atoms with Crippen molar-refractivity contribution in [2.45, 2.75) is 19.9 Å². The first-order valence-corrected chi connectivity index (χ1v) is 7.85. The molecule has 23 heavy (non-hydrogen) atoms. The van der Waals surface area contributed by atoms with Crippen LogP contribution in [0.25, 0.3) is 0 Å². The van der Waals surface area contributed by atoms with Gasteiger partial charge in [-0.25, -0.2) is 9.37 Å². The summed E-state index contributed by atoms with van der Waals surface area (Å²) in [7, 11) is 0. The standard InChI is InChI=1S/C17H21FN4O/c1-12(14-5-3-4-6-15(14)18)21-7-9-22(10-8-21)17(23)16-11-19-13(2)20-16/h3-6,11-12H,7-10H2,1-2H3,(H,19,20)/t12-/m0/s1. The normalized spacial score (nSPS) is 17.3. The Kier molecular flexibility index (Phi) is 4.43. The molecule has 2 aromatic rings. The van der Waals surface area contributed by atoms with Crippen LogP contribution in [0.1, 0.15) is 34.8 Å². The number of nitrogens with one attached hydrogen (secondary N) is 1. The van der Waals surface area contributed by atoms with Crippen LogP contribution in [0.5, 0.6) is 0 Å². The number of aromatic amines is 1. The van der Waals surface area contributed by atoms with Crippen LogP contribution < -0.4 is 0 Å². The van der Waals surface area contributed by atoms with E-state index in [1.807, 2.05) is 30.9 Å². The third kappa shape index (κ3) is 3.27. The van der Waals surface area contributed by atoms with Crippen LogP contribution in [0.3, 0.4) is 0 Å². The molecule has 0 unspecified atom stereocenters. The molecule has 1 amide bonds. The highest BCUT2D eigenvalue weighted by Gasteiger charge is 2.27. The molecule has 1 aliphatic rings. The summed E-state index contributed by atoms with van der Waals surface area (Å²) >= 11 is 0. The lowest BCUT2D eigenvalue weighted by Gasteiger charge is -2.38. The maximum Gasteiger partial charge on any atom is 0.272 e. The van der Waals surface area contributed by atoms with Gasteiger partial charge in [0.05, 0.1) is 6.20 Å². The third-order valence-corrected chi connectivity index (χ3v) is 4.44. The van der Waals surface area contributed by atoms with Crippen molar-refractivity contribution in [3.63, 3.8) is 0 Å². The van der Waals surface area contributed by atoms with Gasteiger partial charge in [-0.1, -0.05) is 18.2 Å². The molecule has 6 heteroatoms. The van der Waals surface area contributed by atoms with Crippen molar-refractivity contribution in [1.29, 1.82) is 0 Å². The fourth-order valence-corrected chi connectivity index (χ4v) is 3.02. The number of rotatable bonds is 3. The Morgan fingerprint density at radius 2 is 1.96 bits per heavy atom. The lowest BCUT2D eigenvalue weighted by atomic mass is 10.1. The molecule has 1 aromatic carbocycles. The number of amides is 1. The average molecular weight is 316 g/mol. The van der Waals surface area contributed by atoms with E-state index in [1.165, 1.54) is 6.07 Å². The molecule has 0 aliphatic carbocycles. The molecule has 1 atom stereocenters. The Morgan fingerprint density at radius 3 is 2.57 bits per heavy atom. The Morgan fingerprint density at radius 1 is 1.26 bits per heavy atom. The van der Waals surface area contributed by atoms with E-state index in [0.717, 1.165) is 18.9 Å². The van der Waals surface area contributed by atoms with Gasteiger partial charge in [-0.3, -0.25) is 9.69 Å². The number of H-pyrrole nitrogens is 1. The molecule has 1 saturated heterocycles. The summed E-state index contributed by atoms with van der Waals surface area (Å²) in [4.78, 5) is 23.5. The first-order valence-electron chi connectivity index (χ1n) is 7.85. The van der Waals surface area contributed by atoms with Gasteiger partial charge in [0, 0.05) is 37.8 Å². The molecule has 1 fully saturated rings. The van der Waals surface area contributed by atoms with Gasteiger partial charge in [0.2, 0.25) is 0 Å². The third-order valence-electron chi connectivity index (χ3n) is 4.44. The van der Waals surface area contributed by atoms with Gasteiger partial charge in [0.15, 0.2) is 0 Å². The predicted octanol–water partition coefficient (Wildman–Crippen LogP) is 2.38. The van der Waals surface area contributed by atoms with E-state index in [9.17, 15) is 9.18 Å². The van der Waals surface area contributed by atoms with E-state index in [1.54, 1.807) is 12.3 Å².